The molecule has 1 aromatic heterocycles. The molecule has 0 spiro atoms. The highest BCUT2D eigenvalue weighted by Crippen LogP contribution is 2.27. The molecule has 2 N–H and O–H groups in total. The van der Waals surface area contributed by atoms with Gasteiger partial charge in [0.25, 0.3) is 11.5 Å². The Balaban J connectivity index is 1.84. The Hall–Kier alpha value is -3.82. The summed E-state index contributed by atoms with van der Waals surface area (Å²) < 4.78 is 47.9. The number of hydrazone groups is 1. The first-order valence-corrected chi connectivity index (χ1v) is 10.5. The Kier molecular flexibility index (Phi) is 7.29. The molecule has 10 heteroatoms. The summed E-state index contributed by atoms with van der Waals surface area (Å²) in [6.45, 7) is 6.56. The highest BCUT2D eigenvalue weighted by atomic mass is 19.4. The molecule has 0 saturated carbocycles. The average molecular weight is 474 g/mol. The third-order valence-corrected chi connectivity index (χ3v) is 5.03. The molecule has 3 rings (SSSR count). The number of hydrogen-bond acceptors (Lipinski definition) is 4. The number of alkyl halides is 3. The van der Waals surface area contributed by atoms with Crippen LogP contribution in [0.15, 0.2) is 58.4 Å². The van der Waals surface area contributed by atoms with Gasteiger partial charge < -0.3 is 4.74 Å². The molecule has 0 fully saturated rings. The van der Waals surface area contributed by atoms with Gasteiger partial charge in [-0.3, -0.25) is 14.7 Å². The minimum absolute atomic E-state index is 0.0447. The van der Waals surface area contributed by atoms with Crippen molar-refractivity contribution in [2.45, 2.75) is 39.8 Å². The Bertz CT molecular complexity index is 1260. The van der Waals surface area contributed by atoms with Crippen LogP contribution in [0.25, 0.3) is 5.69 Å². The van der Waals surface area contributed by atoms with Crippen molar-refractivity contribution >= 4 is 11.6 Å². The van der Waals surface area contributed by atoms with E-state index in [1.54, 1.807) is 36.4 Å². The van der Waals surface area contributed by atoms with Crippen LogP contribution in [-0.2, 0) is 4.79 Å². The van der Waals surface area contributed by atoms with Crippen molar-refractivity contribution in [2.24, 2.45) is 5.10 Å². The minimum atomic E-state index is -4.99. The van der Waals surface area contributed by atoms with Gasteiger partial charge in [-0.25, -0.2) is 10.1 Å². The van der Waals surface area contributed by atoms with Gasteiger partial charge >= 0.3 is 6.18 Å². The lowest BCUT2D eigenvalue weighted by Gasteiger charge is -2.14. The van der Waals surface area contributed by atoms with Crippen molar-refractivity contribution in [1.29, 1.82) is 0 Å². The lowest BCUT2D eigenvalue weighted by molar-refractivity contribution is -0.123. The van der Waals surface area contributed by atoms with Crippen LogP contribution < -0.4 is 15.7 Å². The van der Waals surface area contributed by atoms with Gasteiger partial charge in [-0.15, -0.1) is 0 Å². The molecule has 0 aliphatic heterocycles. The molecule has 7 nitrogen and oxygen atoms in total. The highest BCUT2D eigenvalue weighted by molar-refractivity contribution is 6.05. The Morgan fingerprint density at radius 1 is 1.15 bits per heavy atom. The molecule has 0 radical (unpaired) electrons. The van der Waals surface area contributed by atoms with E-state index in [-0.39, 0.29) is 11.6 Å². The van der Waals surface area contributed by atoms with E-state index >= 15 is 0 Å². The predicted molar refractivity (Wildman–Crippen MR) is 123 cm³/mol. The molecule has 34 heavy (non-hydrogen) atoms. The summed E-state index contributed by atoms with van der Waals surface area (Å²) in [4.78, 5) is 25.0. The summed E-state index contributed by atoms with van der Waals surface area (Å²) in [6, 6.07) is 13.7. The molecule has 3 aromatic rings. The molecule has 0 bridgehead atoms. The first kappa shape index (κ1) is 24.8. The molecule has 180 valence electrons. The largest absolute Gasteiger partial charge is 0.483 e. The number of aromatic amines is 1. The van der Waals surface area contributed by atoms with E-state index in [0.29, 0.717) is 11.4 Å². The van der Waals surface area contributed by atoms with Gasteiger partial charge in [0.15, 0.2) is 12.3 Å². The molecule has 2 aromatic carbocycles. The number of aromatic nitrogens is 2. The van der Waals surface area contributed by atoms with Gasteiger partial charge in [-0.2, -0.15) is 18.3 Å². The summed E-state index contributed by atoms with van der Waals surface area (Å²) in [5.74, 6) is -0.302. The molecular weight excluding hydrogens is 449 g/mol. The van der Waals surface area contributed by atoms with E-state index in [1.807, 2.05) is 38.3 Å². The molecular formula is C24H25F3N4O3. The SMILES string of the molecule is Cc1ccc(C(C)C)c(OCC(=O)N/N=C(/c2c(C)[nH]n(-c3ccccc3)c2=O)C(F)(F)F)c1. The number of aryl methyl sites for hydroxylation is 2. The van der Waals surface area contributed by atoms with Crippen molar-refractivity contribution in [3.63, 3.8) is 0 Å². The topological polar surface area (TPSA) is 88.5 Å². The van der Waals surface area contributed by atoms with Gasteiger partial charge in [0, 0.05) is 5.69 Å². The van der Waals surface area contributed by atoms with E-state index < -0.39 is 35.5 Å². The monoisotopic (exact) mass is 474 g/mol. The van der Waals surface area contributed by atoms with Gasteiger partial charge in [-0.05, 0) is 49.1 Å². The number of halogens is 3. The number of amides is 1. The fourth-order valence-electron chi connectivity index (χ4n) is 3.38. The van der Waals surface area contributed by atoms with Crippen LogP contribution >= 0.6 is 0 Å². The second kappa shape index (κ2) is 9.98. The van der Waals surface area contributed by atoms with Crippen molar-refractivity contribution in [3.8, 4) is 11.4 Å². The lowest BCUT2D eigenvalue weighted by atomic mass is 10.0. The second-order valence-electron chi connectivity index (χ2n) is 8.07. The van der Waals surface area contributed by atoms with Gasteiger partial charge in [0.05, 0.1) is 11.3 Å². The average Bonchev–Trinajstić information content (AvgIpc) is 3.06. The summed E-state index contributed by atoms with van der Waals surface area (Å²) in [6.07, 6.45) is -4.99. The zero-order chi connectivity index (χ0) is 25.0. The van der Waals surface area contributed by atoms with Crippen LogP contribution in [-0.4, -0.2) is 34.2 Å². The van der Waals surface area contributed by atoms with Crippen molar-refractivity contribution in [1.82, 2.24) is 15.2 Å². The highest BCUT2D eigenvalue weighted by Gasteiger charge is 2.41. The van der Waals surface area contributed by atoms with E-state index in [1.165, 1.54) is 6.92 Å². The Morgan fingerprint density at radius 2 is 1.82 bits per heavy atom. The normalized spacial score (nSPS) is 12.2. The maximum Gasteiger partial charge on any atom is 0.435 e. The summed E-state index contributed by atoms with van der Waals surface area (Å²) >= 11 is 0. The number of nitrogens with one attached hydrogen (secondary N) is 2. The summed E-state index contributed by atoms with van der Waals surface area (Å²) in [5.41, 5.74) is 0.831. The summed E-state index contributed by atoms with van der Waals surface area (Å²) in [5, 5.41) is 5.88. The van der Waals surface area contributed by atoms with E-state index in [2.05, 4.69) is 10.2 Å². The number of ether oxygens (including phenoxy) is 1. The molecule has 1 heterocycles. The first-order chi connectivity index (χ1) is 16.0. The molecule has 0 atom stereocenters. The van der Waals surface area contributed by atoms with Crippen LogP contribution in [0, 0.1) is 13.8 Å². The first-order valence-electron chi connectivity index (χ1n) is 10.5. The standard InChI is InChI=1S/C24H25F3N4O3/c1-14(2)18-11-10-15(3)12-19(18)34-13-20(32)28-29-22(24(25,26)27)21-16(4)30-31(23(21)33)17-8-6-5-7-9-17/h5-12,14,30H,13H2,1-4H3,(H,28,32)/b29-22-. The second-order valence-corrected chi connectivity index (χ2v) is 8.07. The maximum atomic E-state index is 13.8. The molecule has 0 unspecified atom stereocenters. The van der Waals surface area contributed by atoms with Gasteiger partial charge in [-0.1, -0.05) is 44.2 Å². The quantitative estimate of drug-likeness (QED) is 0.394. The fourth-order valence-corrected chi connectivity index (χ4v) is 3.38. The van der Waals surface area contributed by atoms with Crippen molar-refractivity contribution in [2.75, 3.05) is 6.61 Å². The molecule has 0 aliphatic rings. The Labute approximate surface area is 194 Å². The number of carbonyl (C=O) groups excluding carboxylic acids is 1. The van der Waals surface area contributed by atoms with Gasteiger partial charge in [0.1, 0.15) is 5.75 Å². The van der Waals surface area contributed by atoms with Crippen molar-refractivity contribution < 1.29 is 22.7 Å². The fraction of sp³-hybridized carbons (Fsp3) is 0.292. The lowest BCUT2D eigenvalue weighted by Crippen LogP contribution is -2.34. The van der Waals surface area contributed by atoms with Crippen molar-refractivity contribution in [3.05, 3.63) is 81.3 Å². The number of para-hydroxylation sites is 1. The number of H-pyrrole nitrogens is 1. The van der Waals surface area contributed by atoms with E-state index in [0.717, 1.165) is 15.8 Å². The number of hydrogen-bond donors (Lipinski definition) is 2. The third kappa shape index (κ3) is 5.56. The van der Waals surface area contributed by atoms with Crippen LogP contribution in [0.3, 0.4) is 0 Å². The third-order valence-electron chi connectivity index (χ3n) is 5.03. The number of carbonyl (C=O) groups is 1. The smallest absolute Gasteiger partial charge is 0.435 e. The molecule has 0 aliphatic carbocycles. The zero-order valence-electron chi connectivity index (χ0n) is 19.2. The van der Waals surface area contributed by atoms with Gasteiger partial charge in [0.2, 0.25) is 0 Å². The molecule has 1 amide bonds. The minimum Gasteiger partial charge on any atom is -0.483 e. The predicted octanol–water partition coefficient (Wildman–Crippen LogP) is 4.37. The number of rotatable bonds is 7. The zero-order valence-corrected chi connectivity index (χ0v) is 19.2. The molecule has 0 saturated heterocycles. The number of nitrogens with zero attached hydrogens (tertiary/aromatic N) is 2. The summed E-state index contributed by atoms with van der Waals surface area (Å²) in [7, 11) is 0. The van der Waals surface area contributed by atoms with E-state index in [9.17, 15) is 22.8 Å². The number of benzene rings is 2. The van der Waals surface area contributed by atoms with Crippen LogP contribution in [0.1, 0.15) is 42.1 Å². The van der Waals surface area contributed by atoms with Crippen LogP contribution in [0.4, 0.5) is 13.2 Å². The van der Waals surface area contributed by atoms with Crippen LogP contribution in [0.2, 0.25) is 0 Å². The Morgan fingerprint density at radius 3 is 2.44 bits per heavy atom. The maximum absolute atomic E-state index is 13.8. The van der Waals surface area contributed by atoms with Crippen LogP contribution in [0.5, 0.6) is 5.75 Å². The van der Waals surface area contributed by atoms with E-state index in [4.69, 9.17) is 4.74 Å².